The molecule has 0 aliphatic carbocycles. The van der Waals surface area contributed by atoms with Gasteiger partial charge < -0.3 is 15.2 Å². The first kappa shape index (κ1) is 16.2. The van der Waals surface area contributed by atoms with E-state index in [0.29, 0.717) is 11.4 Å². The Morgan fingerprint density at radius 2 is 1.95 bits per heavy atom. The van der Waals surface area contributed by atoms with Crippen LogP contribution in [0.2, 0.25) is 0 Å². The second kappa shape index (κ2) is 7.09. The van der Waals surface area contributed by atoms with Gasteiger partial charge in [0.15, 0.2) is 0 Å². The van der Waals surface area contributed by atoms with Crippen molar-refractivity contribution in [2.75, 3.05) is 11.9 Å². The van der Waals surface area contributed by atoms with E-state index in [9.17, 15) is 10.1 Å². The van der Waals surface area contributed by atoms with Crippen molar-refractivity contribution in [1.82, 2.24) is 0 Å². The average molecular weight is 282 g/mol. The van der Waals surface area contributed by atoms with Crippen molar-refractivity contribution in [2.45, 2.75) is 39.8 Å². The Labute approximate surface area is 118 Å². The van der Waals surface area contributed by atoms with Crippen LogP contribution >= 0.6 is 0 Å². The van der Waals surface area contributed by atoms with Gasteiger partial charge in [-0.05, 0) is 26.7 Å². The van der Waals surface area contributed by atoms with E-state index >= 15 is 0 Å². The largest absolute Gasteiger partial charge is 0.491 e. The van der Waals surface area contributed by atoms with Gasteiger partial charge in [-0.25, -0.2) is 0 Å². The lowest BCUT2D eigenvalue weighted by Crippen LogP contribution is -2.26. The van der Waals surface area contributed by atoms with Gasteiger partial charge >= 0.3 is 0 Å². The van der Waals surface area contributed by atoms with Crippen molar-refractivity contribution in [2.24, 2.45) is 5.92 Å². The SMILES string of the molecule is CC(C)Oc1cc(NC(C)C(C)CO)cc([N+](=O)[O-])c1. The number of nitrogens with one attached hydrogen (secondary N) is 1. The van der Waals surface area contributed by atoms with Crippen LogP contribution in [0.25, 0.3) is 0 Å². The summed E-state index contributed by atoms with van der Waals surface area (Å²) < 4.78 is 5.52. The maximum Gasteiger partial charge on any atom is 0.275 e. The summed E-state index contributed by atoms with van der Waals surface area (Å²) in [6.45, 7) is 7.60. The lowest BCUT2D eigenvalue weighted by atomic mass is 10.0. The number of rotatable bonds is 7. The van der Waals surface area contributed by atoms with Gasteiger partial charge in [0.1, 0.15) is 5.75 Å². The normalized spacial score (nSPS) is 13.9. The second-order valence-corrected chi connectivity index (χ2v) is 5.23. The van der Waals surface area contributed by atoms with Crippen LogP contribution < -0.4 is 10.1 Å². The Hall–Kier alpha value is -1.82. The highest BCUT2D eigenvalue weighted by Gasteiger charge is 2.15. The number of nitrogens with zero attached hydrogens (tertiary/aromatic N) is 1. The molecule has 2 unspecified atom stereocenters. The van der Waals surface area contributed by atoms with Crippen molar-refractivity contribution in [1.29, 1.82) is 0 Å². The zero-order valence-corrected chi connectivity index (χ0v) is 12.3. The summed E-state index contributed by atoms with van der Waals surface area (Å²) in [5.74, 6) is 0.504. The van der Waals surface area contributed by atoms with Gasteiger partial charge in [0.05, 0.1) is 17.1 Å². The third kappa shape index (κ3) is 4.70. The highest BCUT2D eigenvalue weighted by atomic mass is 16.6. The van der Waals surface area contributed by atoms with Gasteiger partial charge in [0.25, 0.3) is 5.69 Å². The molecule has 6 nitrogen and oxygen atoms in total. The molecule has 0 aromatic heterocycles. The van der Waals surface area contributed by atoms with Gasteiger partial charge in [-0.3, -0.25) is 10.1 Å². The molecule has 1 aromatic rings. The number of nitro benzene ring substituents is 1. The fourth-order valence-electron chi connectivity index (χ4n) is 1.68. The van der Waals surface area contributed by atoms with E-state index in [0.717, 1.165) is 0 Å². The molecule has 0 aliphatic heterocycles. The summed E-state index contributed by atoms with van der Waals surface area (Å²) in [5, 5.41) is 23.2. The third-order valence-electron chi connectivity index (χ3n) is 3.01. The molecule has 112 valence electrons. The Balaban J connectivity index is 2.99. The predicted octanol–water partition coefficient (Wildman–Crippen LogP) is 2.81. The van der Waals surface area contributed by atoms with E-state index in [1.54, 1.807) is 6.07 Å². The zero-order chi connectivity index (χ0) is 15.3. The molecule has 0 radical (unpaired) electrons. The molecule has 20 heavy (non-hydrogen) atoms. The lowest BCUT2D eigenvalue weighted by molar-refractivity contribution is -0.384. The highest BCUT2D eigenvalue weighted by Crippen LogP contribution is 2.27. The average Bonchev–Trinajstić information content (AvgIpc) is 2.36. The molecule has 0 bridgehead atoms. The van der Waals surface area contributed by atoms with E-state index in [1.165, 1.54) is 12.1 Å². The summed E-state index contributed by atoms with van der Waals surface area (Å²) >= 11 is 0. The topological polar surface area (TPSA) is 84.6 Å². The molecule has 1 rings (SSSR count). The Morgan fingerprint density at radius 3 is 2.45 bits per heavy atom. The number of hydrogen-bond donors (Lipinski definition) is 2. The van der Waals surface area contributed by atoms with Crippen LogP contribution in [0.3, 0.4) is 0 Å². The number of hydrogen-bond acceptors (Lipinski definition) is 5. The van der Waals surface area contributed by atoms with Gasteiger partial charge in [0, 0.05) is 30.5 Å². The quantitative estimate of drug-likeness (QED) is 0.593. The number of benzene rings is 1. The molecule has 0 saturated heterocycles. The molecule has 2 atom stereocenters. The molecular formula is C14H22N2O4. The van der Waals surface area contributed by atoms with Gasteiger partial charge in [-0.2, -0.15) is 0 Å². The van der Waals surface area contributed by atoms with E-state index in [-0.39, 0.29) is 30.4 Å². The van der Waals surface area contributed by atoms with Gasteiger partial charge in [0.2, 0.25) is 0 Å². The number of nitro groups is 1. The van der Waals surface area contributed by atoms with E-state index in [4.69, 9.17) is 9.84 Å². The smallest absolute Gasteiger partial charge is 0.275 e. The van der Waals surface area contributed by atoms with E-state index < -0.39 is 4.92 Å². The maximum atomic E-state index is 10.9. The first-order valence-corrected chi connectivity index (χ1v) is 6.67. The van der Waals surface area contributed by atoms with Crippen LogP contribution in [0, 0.1) is 16.0 Å². The molecule has 1 aromatic carbocycles. The molecule has 0 heterocycles. The third-order valence-corrected chi connectivity index (χ3v) is 3.01. The highest BCUT2D eigenvalue weighted by molar-refractivity contribution is 5.56. The van der Waals surface area contributed by atoms with Crippen molar-refractivity contribution >= 4 is 11.4 Å². The summed E-state index contributed by atoms with van der Waals surface area (Å²) in [6, 6.07) is 4.60. The minimum Gasteiger partial charge on any atom is -0.491 e. The second-order valence-electron chi connectivity index (χ2n) is 5.23. The number of aliphatic hydroxyl groups is 1. The minimum atomic E-state index is -0.446. The Bertz CT molecular complexity index is 462. The van der Waals surface area contributed by atoms with Crippen LogP contribution in [-0.4, -0.2) is 28.8 Å². The summed E-state index contributed by atoms with van der Waals surface area (Å²) in [4.78, 5) is 10.5. The van der Waals surface area contributed by atoms with E-state index in [2.05, 4.69) is 5.32 Å². The fourth-order valence-corrected chi connectivity index (χ4v) is 1.68. The maximum absolute atomic E-state index is 10.9. The monoisotopic (exact) mass is 282 g/mol. The van der Waals surface area contributed by atoms with Crippen LogP contribution in [0.4, 0.5) is 11.4 Å². The fraction of sp³-hybridized carbons (Fsp3) is 0.571. The molecule has 0 spiro atoms. The summed E-state index contributed by atoms with van der Waals surface area (Å²) in [7, 11) is 0. The van der Waals surface area contributed by atoms with E-state index in [1.807, 2.05) is 27.7 Å². The molecule has 0 saturated carbocycles. The Kier molecular flexibility index (Phi) is 5.76. The standard InChI is InChI=1S/C14H22N2O4/c1-9(2)20-14-6-12(5-13(7-14)16(18)19)15-11(4)10(3)8-17/h5-7,9-11,15,17H,8H2,1-4H3. The van der Waals surface area contributed by atoms with Crippen LogP contribution in [-0.2, 0) is 0 Å². The van der Waals surface area contributed by atoms with Crippen molar-refractivity contribution < 1.29 is 14.8 Å². The first-order valence-electron chi connectivity index (χ1n) is 6.67. The molecule has 0 aliphatic rings. The molecule has 0 fully saturated rings. The van der Waals surface area contributed by atoms with Gasteiger partial charge in [-0.1, -0.05) is 6.92 Å². The number of non-ortho nitro benzene ring substituents is 1. The zero-order valence-electron chi connectivity index (χ0n) is 12.3. The number of anilines is 1. The summed E-state index contributed by atoms with van der Waals surface area (Å²) in [5.41, 5.74) is 0.595. The molecule has 2 N–H and O–H groups in total. The first-order chi connectivity index (χ1) is 9.33. The molecule has 6 heteroatoms. The van der Waals surface area contributed by atoms with Crippen molar-refractivity contribution in [3.05, 3.63) is 28.3 Å². The minimum absolute atomic E-state index is 0.00564. The Morgan fingerprint density at radius 1 is 1.30 bits per heavy atom. The van der Waals surface area contributed by atoms with Crippen molar-refractivity contribution in [3.63, 3.8) is 0 Å². The number of ether oxygens (including phenoxy) is 1. The van der Waals surface area contributed by atoms with Crippen LogP contribution in [0.1, 0.15) is 27.7 Å². The summed E-state index contributed by atoms with van der Waals surface area (Å²) in [6.07, 6.45) is -0.0568. The number of aliphatic hydroxyl groups excluding tert-OH is 1. The van der Waals surface area contributed by atoms with Crippen molar-refractivity contribution in [3.8, 4) is 5.75 Å². The molecule has 0 amide bonds. The van der Waals surface area contributed by atoms with Crippen LogP contribution in [0.15, 0.2) is 18.2 Å². The van der Waals surface area contributed by atoms with Gasteiger partial charge in [-0.15, -0.1) is 0 Å². The molecular weight excluding hydrogens is 260 g/mol. The predicted molar refractivity (Wildman–Crippen MR) is 78.2 cm³/mol. The van der Waals surface area contributed by atoms with Crippen LogP contribution in [0.5, 0.6) is 5.75 Å². The lowest BCUT2D eigenvalue weighted by Gasteiger charge is -2.21.